The molecule has 0 atom stereocenters. The molecule has 1 aromatic heterocycles. The number of carbonyl (C=O) groups is 1. The zero-order valence-electron chi connectivity index (χ0n) is 18.8. The molecule has 0 aliphatic rings. The van der Waals surface area contributed by atoms with Gasteiger partial charge in [0.1, 0.15) is 16.6 Å². The van der Waals surface area contributed by atoms with Gasteiger partial charge in [0, 0.05) is 26.7 Å². The van der Waals surface area contributed by atoms with Crippen LogP contribution < -0.4 is 14.4 Å². The average molecular weight is 524 g/mol. The highest BCUT2D eigenvalue weighted by Gasteiger charge is 2.22. The number of hydrogen-bond donors (Lipinski definition) is 1. The van der Waals surface area contributed by atoms with E-state index in [1.165, 1.54) is 37.6 Å². The van der Waals surface area contributed by atoms with Crippen LogP contribution in [-0.2, 0) is 20.0 Å². The molecule has 1 N–H and O–H groups in total. The summed E-state index contributed by atoms with van der Waals surface area (Å²) in [6, 6.07) is 15.5. The second kappa shape index (κ2) is 10.6. The highest BCUT2D eigenvalue weighted by atomic mass is 32.2. The molecule has 1 heterocycles. The molecule has 34 heavy (non-hydrogen) atoms. The van der Waals surface area contributed by atoms with E-state index in [9.17, 15) is 21.6 Å². The Balaban J connectivity index is 1.51. The van der Waals surface area contributed by atoms with Crippen LogP contribution in [0.1, 0.15) is 10.4 Å². The summed E-state index contributed by atoms with van der Waals surface area (Å²) in [6.45, 7) is 0.413. The summed E-state index contributed by atoms with van der Waals surface area (Å²) in [6.07, 6.45) is 0. The molecule has 2 aromatic carbocycles. The third kappa shape index (κ3) is 5.76. The Bertz CT molecular complexity index is 1320. The van der Waals surface area contributed by atoms with Crippen LogP contribution in [0.25, 0.3) is 0 Å². The summed E-state index contributed by atoms with van der Waals surface area (Å²) < 4.78 is 57.5. The summed E-state index contributed by atoms with van der Waals surface area (Å²) in [4.78, 5) is 12.5. The van der Waals surface area contributed by atoms with Crippen molar-refractivity contribution in [3.05, 3.63) is 71.6 Å². The molecule has 0 aliphatic carbocycles. The van der Waals surface area contributed by atoms with Crippen LogP contribution in [0.15, 0.2) is 75.1 Å². The van der Waals surface area contributed by atoms with E-state index >= 15 is 0 Å². The number of ether oxygens (including phenoxy) is 1. The highest BCUT2D eigenvalue weighted by molar-refractivity contribution is 7.94. The quantitative estimate of drug-likeness (QED) is 0.409. The lowest BCUT2D eigenvalue weighted by molar-refractivity contribution is 0.0947. The van der Waals surface area contributed by atoms with Crippen LogP contribution in [-0.4, -0.2) is 61.3 Å². The van der Waals surface area contributed by atoms with Gasteiger partial charge in [-0.25, -0.2) is 21.1 Å². The van der Waals surface area contributed by atoms with Crippen molar-refractivity contribution in [3.8, 4) is 5.75 Å². The van der Waals surface area contributed by atoms with Crippen molar-refractivity contribution in [2.45, 2.75) is 9.10 Å². The highest BCUT2D eigenvalue weighted by Crippen LogP contribution is 2.25. The second-order valence-corrected chi connectivity index (χ2v) is 12.6. The van der Waals surface area contributed by atoms with Crippen molar-refractivity contribution in [3.63, 3.8) is 0 Å². The van der Waals surface area contributed by atoms with Gasteiger partial charge >= 0.3 is 0 Å². The van der Waals surface area contributed by atoms with Crippen LogP contribution in [0.2, 0.25) is 0 Å². The molecule has 0 fully saturated rings. The molecule has 0 spiro atoms. The first-order valence-corrected chi connectivity index (χ1v) is 13.9. The van der Waals surface area contributed by atoms with E-state index in [0.717, 1.165) is 15.6 Å². The molecule has 0 saturated carbocycles. The van der Waals surface area contributed by atoms with Gasteiger partial charge in [-0.3, -0.25) is 9.10 Å². The molecular weight excluding hydrogens is 498 g/mol. The van der Waals surface area contributed by atoms with Gasteiger partial charge < -0.3 is 10.1 Å². The van der Waals surface area contributed by atoms with Gasteiger partial charge in [-0.05, 0) is 60.0 Å². The summed E-state index contributed by atoms with van der Waals surface area (Å²) in [5, 5.41) is 4.42. The Morgan fingerprint density at radius 3 is 2.12 bits per heavy atom. The third-order valence-electron chi connectivity index (χ3n) is 4.86. The van der Waals surface area contributed by atoms with Gasteiger partial charge in [-0.15, -0.1) is 11.3 Å². The van der Waals surface area contributed by atoms with Crippen LogP contribution in [0, 0.1) is 0 Å². The normalized spacial score (nSPS) is 11.9. The first-order valence-electron chi connectivity index (χ1n) is 10.1. The number of thiophene rings is 1. The molecular formula is C22H25N3O6S3. The van der Waals surface area contributed by atoms with Crippen molar-refractivity contribution >= 4 is 43.0 Å². The molecule has 0 radical (unpaired) electrons. The molecule has 3 rings (SSSR count). The molecule has 3 aromatic rings. The minimum absolute atomic E-state index is 0.162. The SMILES string of the molecule is CN(C)S(=O)(=O)c1ccc(OCCNC(=O)c2ccc(N(C)S(=O)(=O)c3cccs3)cc2)cc1. The van der Waals surface area contributed by atoms with Crippen molar-refractivity contribution in [2.75, 3.05) is 38.6 Å². The second-order valence-electron chi connectivity index (χ2n) is 7.31. The summed E-state index contributed by atoms with van der Waals surface area (Å²) in [5.41, 5.74) is 0.817. The summed E-state index contributed by atoms with van der Waals surface area (Å²) >= 11 is 1.14. The standard InChI is InChI=1S/C22H25N3O6S3/c1-24(2)33(27,28)20-12-10-19(11-13-20)31-15-14-23-22(26)17-6-8-18(9-7-17)25(3)34(29,30)21-5-4-16-32-21/h4-13,16H,14-15H2,1-3H3,(H,23,26). The number of hydrogen-bond acceptors (Lipinski definition) is 7. The minimum Gasteiger partial charge on any atom is -0.492 e. The van der Waals surface area contributed by atoms with Crippen LogP contribution in [0.4, 0.5) is 5.69 Å². The number of anilines is 1. The molecule has 182 valence electrons. The predicted octanol–water partition coefficient (Wildman–Crippen LogP) is 2.63. The Hall–Kier alpha value is -2.93. The van der Waals surface area contributed by atoms with Crippen LogP contribution in [0.3, 0.4) is 0 Å². The minimum atomic E-state index is -3.64. The van der Waals surface area contributed by atoms with E-state index in [0.29, 0.717) is 17.0 Å². The Morgan fingerprint density at radius 2 is 1.56 bits per heavy atom. The zero-order chi connectivity index (χ0) is 24.9. The van der Waals surface area contributed by atoms with Crippen molar-refractivity contribution < 1.29 is 26.4 Å². The van der Waals surface area contributed by atoms with Crippen LogP contribution in [0.5, 0.6) is 5.75 Å². The largest absolute Gasteiger partial charge is 0.492 e. The van der Waals surface area contributed by atoms with E-state index in [1.807, 2.05) is 0 Å². The lowest BCUT2D eigenvalue weighted by Crippen LogP contribution is -2.28. The number of nitrogens with zero attached hydrogens (tertiary/aromatic N) is 2. The van der Waals surface area contributed by atoms with Crippen molar-refractivity contribution in [1.82, 2.24) is 9.62 Å². The van der Waals surface area contributed by atoms with Gasteiger partial charge in [-0.2, -0.15) is 0 Å². The smallest absolute Gasteiger partial charge is 0.273 e. The number of nitrogens with one attached hydrogen (secondary N) is 1. The number of benzene rings is 2. The first-order chi connectivity index (χ1) is 16.0. The maximum atomic E-state index is 12.6. The first kappa shape index (κ1) is 25.7. The number of rotatable bonds is 10. The maximum Gasteiger partial charge on any atom is 0.273 e. The van der Waals surface area contributed by atoms with E-state index in [1.54, 1.807) is 53.9 Å². The lowest BCUT2D eigenvalue weighted by Gasteiger charge is -2.18. The van der Waals surface area contributed by atoms with E-state index < -0.39 is 20.0 Å². The van der Waals surface area contributed by atoms with Gasteiger partial charge in [-0.1, -0.05) is 6.07 Å². The van der Waals surface area contributed by atoms with Gasteiger partial charge in [0.15, 0.2) is 0 Å². The zero-order valence-corrected chi connectivity index (χ0v) is 21.3. The molecule has 0 aliphatic heterocycles. The van der Waals surface area contributed by atoms with Gasteiger partial charge in [0.05, 0.1) is 17.1 Å². The van der Waals surface area contributed by atoms with Crippen molar-refractivity contribution in [1.29, 1.82) is 0 Å². The number of carbonyl (C=O) groups excluding carboxylic acids is 1. The Kier molecular flexibility index (Phi) is 7.97. The molecule has 0 saturated heterocycles. The fourth-order valence-corrected chi connectivity index (χ4v) is 6.12. The van der Waals surface area contributed by atoms with E-state index in [2.05, 4.69) is 5.32 Å². The summed E-state index contributed by atoms with van der Waals surface area (Å²) in [7, 11) is -2.76. The number of amides is 1. The maximum absolute atomic E-state index is 12.6. The summed E-state index contributed by atoms with van der Waals surface area (Å²) in [5.74, 6) is 0.151. The molecule has 9 nitrogen and oxygen atoms in total. The topological polar surface area (TPSA) is 113 Å². The molecule has 0 bridgehead atoms. The van der Waals surface area contributed by atoms with Crippen molar-refractivity contribution in [2.24, 2.45) is 0 Å². The van der Waals surface area contributed by atoms with Gasteiger partial charge in [0.25, 0.3) is 15.9 Å². The number of sulfonamides is 2. The average Bonchev–Trinajstić information content (AvgIpc) is 3.37. The Morgan fingerprint density at radius 1 is 0.912 bits per heavy atom. The predicted molar refractivity (Wildman–Crippen MR) is 131 cm³/mol. The third-order valence-corrected chi connectivity index (χ3v) is 9.85. The van der Waals surface area contributed by atoms with E-state index in [-0.39, 0.29) is 28.2 Å². The molecule has 0 unspecified atom stereocenters. The molecule has 1 amide bonds. The van der Waals surface area contributed by atoms with Gasteiger partial charge in [0.2, 0.25) is 10.0 Å². The van der Waals surface area contributed by atoms with E-state index in [4.69, 9.17) is 4.74 Å². The monoisotopic (exact) mass is 523 g/mol. The Labute approximate surface area is 203 Å². The molecule has 12 heteroatoms. The fraction of sp³-hybridized carbons (Fsp3) is 0.227. The van der Waals surface area contributed by atoms with Crippen LogP contribution >= 0.6 is 11.3 Å². The lowest BCUT2D eigenvalue weighted by atomic mass is 10.2. The fourth-order valence-electron chi connectivity index (χ4n) is 2.86.